The standard InChI is InChI=1S/C15H22Cl2N2/c1-4-5-12-9-19(11(3)8-18-12)15-7-13(16)10(2)6-14(15)17/h6-7,11-12,18H,4-5,8-9H2,1-3H3. The highest BCUT2D eigenvalue weighted by molar-refractivity contribution is 6.35. The largest absolute Gasteiger partial charge is 0.365 e. The zero-order valence-electron chi connectivity index (χ0n) is 11.8. The molecule has 0 aromatic heterocycles. The summed E-state index contributed by atoms with van der Waals surface area (Å²) in [6.07, 6.45) is 2.39. The van der Waals surface area contributed by atoms with Crippen LogP contribution in [0.15, 0.2) is 12.1 Å². The van der Waals surface area contributed by atoms with Crippen molar-refractivity contribution in [1.29, 1.82) is 0 Å². The molecule has 1 aliphatic heterocycles. The van der Waals surface area contributed by atoms with E-state index in [0.717, 1.165) is 34.4 Å². The quantitative estimate of drug-likeness (QED) is 0.897. The zero-order valence-corrected chi connectivity index (χ0v) is 13.4. The van der Waals surface area contributed by atoms with Crippen molar-refractivity contribution in [1.82, 2.24) is 5.32 Å². The number of hydrogen-bond donors (Lipinski definition) is 1. The third-order valence-electron chi connectivity index (χ3n) is 3.83. The average Bonchev–Trinajstić information content (AvgIpc) is 2.37. The van der Waals surface area contributed by atoms with E-state index >= 15 is 0 Å². The molecule has 1 fully saturated rings. The van der Waals surface area contributed by atoms with Crippen LogP contribution in [0, 0.1) is 6.92 Å². The Morgan fingerprint density at radius 3 is 2.74 bits per heavy atom. The number of aryl methyl sites for hydroxylation is 1. The second-order valence-corrected chi connectivity index (χ2v) is 6.26. The van der Waals surface area contributed by atoms with Crippen molar-refractivity contribution < 1.29 is 0 Å². The number of nitrogens with one attached hydrogen (secondary N) is 1. The maximum Gasteiger partial charge on any atom is 0.0643 e. The minimum Gasteiger partial charge on any atom is -0.365 e. The second-order valence-electron chi connectivity index (χ2n) is 5.45. The highest BCUT2D eigenvalue weighted by atomic mass is 35.5. The van der Waals surface area contributed by atoms with Crippen LogP contribution in [-0.2, 0) is 0 Å². The summed E-state index contributed by atoms with van der Waals surface area (Å²) in [4.78, 5) is 2.38. The van der Waals surface area contributed by atoms with Crippen LogP contribution >= 0.6 is 23.2 Å². The van der Waals surface area contributed by atoms with Gasteiger partial charge in [-0.05, 0) is 38.0 Å². The second kappa shape index (κ2) is 6.34. The first kappa shape index (κ1) is 15.0. The molecule has 1 aliphatic rings. The van der Waals surface area contributed by atoms with Crippen LogP contribution in [0.5, 0.6) is 0 Å². The lowest BCUT2D eigenvalue weighted by Crippen LogP contribution is -2.55. The van der Waals surface area contributed by atoms with Gasteiger partial charge in [0.2, 0.25) is 0 Å². The van der Waals surface area contributed by atoms with E-state index in [9.17, 15) is 0 Å². The zero-order chi connectivity index (χ0) is 14.0. The predicted molar refractivity (Wildman–Crippen MR) is 84.7 cm³/mol. The number of halogens is 2. The monoisotopic (exact) mass is 300 g/mol. The number of hydrogen-bond acceptors (Lipinski definition) is 2. The van der Waals surface area contributed by atoms with Gasteiger partial charge in [0, 0.05) is 30.2 Å². The summed E-state index contributed by atoms with van der Waals surface area (Å²) in [6.45, 7) is 8.42. The summed E-state index contributed by atoms with van der Waals surface area (Å²) in [5.74, 6) is 0. The molecule has 0 amide bonds. The fraction of sp³-hybridized carbons (Fsp3) is 0.600. The molecule has 2 nitrogen and oxygen atoms in total. The molecule has 0 aliphatic carbocycles. The van der Waals surface area contributed by atoms with Gasteiger partial charge in [-0.2, -0.15) is 0 Å². The maximum absolute atomic E-state index is 6.40. The van der Waals surface area contributed by atoms with Gasteiger partial charge in [-0.25, -0.2) is 0 Å². The number of piperazine rings is 1. The van der Waals surface area contributed by atoms with Crippen molar-refractivity contribution in [2.24, 2.45) is 0 Å². The number of rotatable bonds is 3. The van der Waals surface area contributed by atoms with Gasteiger partial charge in [-0.1, -0.05) is 36.5 Å². The molecule has 1 saturated heterocycles. The van der Waals surface area contributed by atoms with E-state index in [1.165, 1.54) is 12.8 Å². The summed E-state index contributed by atoms with van der Waals surface area (Å²) in [6, 6.07) is 4.94. The van der Waals surface area contributed by atoms with Crippen LogP contribution in [0.2, 0.25) is 10.0 Å². The van der Waals surface area contributed by atoms with Gasteiger partial charge in [0.25, 0.3) is 0 Å². The van der Waals surface area contributed by atoms with E-state index < -0.39 is 0 Å². The SMILES string of the molecule is CCCC1CN(c2cc(Cl)c(C)cc2Cl)C(C)CN1. The average molecular weight is 301 g/mol. The minimum atomic E-state index is 0.435. The minimum absolute atomic E-state index is 0.435. The van der Waals surface area contributed by atoms with Gasteiger partial charge >= 0.3 is 0 Å². The Morgan fingerprint density at radius 2 is 2.05 bits per heavy atom. The van der Waals surface area contributed by atoms with Gasteiger partial charge < -0.3 is 10.2 Å². The van der Waals surface area contributed by atoms with E-state index in [1.54, 1.807) is 0 Å². The summed E-state index contributed by atoms with van der Waals surface area (Å²) in [5.41, 5.74) is 2.09. The third kappa shape index (κ3) is 3.36. The summed E-state index contributed by atoms with van der Waals surface area (Å²) in [5, 5.41) is 5.18. The molecule has 19 heavy (non-hydrogen) atoms. The Labute approximate surface area is 126 Å². The molecular weight excluding hydrogens is 279 g/mol. The first-order chi connectivity index (χ1) is 9.02. The van der Waals surface area contributed by atoms with E-state index in [4.69, 9.17) is 23.2 Å². The van der Waals surface area contributed by atoms with E-state index in [-0.39, 0.29) is 0 Å². The maximum atomic E-state index is 6.40. The van der Waals surface area contributed by atoms with Crippen molar-refractivity contribution in [2.45, 2.75) is 45.7 Å². The fourth-order valence-corrected chi connectivity index (χ4v) is 3.15. The van der Waals surface area contributed by atoms with Crippen LogP contribution < -0.4 is 10.2 Å². The number of nitrogens with zero attached hydrogens (tertiary/aromatic N) is 1. The summed E-state index contributed by atoms with van der Waals surface area (Å²) < 4.78 is 0. The topological polar surface area (TPSA) is 15.3 Å². The van der Waals surface area contributed by atoms with Crippen LogP contribution in [0.4, 0.5) is 5.69 Å². The Balaban J connectivity index is 2.25. The van der Waals surface area contributed by atoms with Crippen LogP contribution in [0.3, 0.4) is 0 Å². The lowest BCUT2D eigenvalue weighted by molar-refractivity contribution is 0.386. The van der Waals surface area contributed by atoms with E-state index in [1.807, 2.05) is 19.1 Å². The van der Waals surface area contributed by atoms with Gasteiger partial charge in [-0.3, -0.25) is 0 Å². The molecule has 1 heterocycles. The first-order valence-corrected chi connectivity index (χ1v) is 7.74. The van der Waals surface area contributed by atoms with Gasteiger partial charge in [0.15, 0.2) is 0 Å². The lowest BCUT2D eigenvalue weighted by Gasteiger charge is -2.41. The number of anilines is 1. The highest BCUT2D eigenvalue weighted by Crippen LogP contribution is 2.33. The molecule has 2 rings (SSSR count). The summed E-state index contributed by atoms with van der Waals surface area (Å²) >= 11 is 12.7. The van der Waals surface area contributed by atoms with Crippen molar-refractivity contribution in [3.63, 3.8) is 0 Å². The van der Waals surface area contributed by atoms with Crippen LogP contribution in [0.25, 0.3) is 0 Å². The van der Waals surface area contributed by atoms with Crippen LogP contribution in [-0.4, -0.2) is 25.2 Å². The van der Waals surface area contributed by atoms with Gasteiger partial charge in [0.05, 0.1) is 10.7 Å². The number of benzene rings is 1. The smallest absolute Gasteiger partial charge is 0.0643 e. The molecule has 2 atom stereocenters. The Hall–Kier alpha value is -0.440. The Morgan fingerprint density at radius 1 is 1.32 bits per heavy atom. The molecule has 4 heteroatoms. The fourth-order valence-electron chi connectivity index (χ4n) is 2.66. The molecule has 2 unspecified atom stereocenters. The molecule has 0 radical (unpaired) electrons. The van der Waals surface area contributed by atoms with Crippen molar-refractivity contribution >= 4 is 28.9 Å². The molecule has 1 aromatic carbocycles. The Kier molecular flexibility index (Phi) is 4.99. The van der Waals surface area contributed by atoms with E-state index in [2.05, 4.69) is 24.1 Å². The third-order valence-corrected chi connectivity index (χ3v) is 4.54. The molecule has 106 valence electrons. The Bertz CT molecular complexity index is 448. The lowest BCUT2D eigenvalue weighted by atomic mass is 10.0. The van der Waals surface area contributed by atoms with Gasteiger partial charge in [0.1, 0.15) is 0 Å². The predicted octanol–water partition coefficient (Wildman–Crippen LogP) is 4.27. The highest BCUT2D eigenvalue weighted by Gasteiger charge is 2.26. The molecule has 0 spiro atoms. The molecule has 1 N–H and O–H groups in total. The molecule has 0 bridgehead atoms. The summed E-state index contributed by atoms with van der Waals surface area (Å²) in [7, 11) is 0. The first-order valence-electron chi connectivity index (χ1n) is 6.98. The molecule has 1 aromatic rings. The van der Waals surface area contributed by atoms with Crippen molar-refractivity contribution in [3.05, 3.63) is 27.7 Å². The van der Waals surface area contributed by atoms with Crippen LogP contribution in [0.1, 0.15) is 32.3 Å². The van der Waals surface area contributed by atoms with Crippen molar-refractivity contribution in [3.8, 4) is 0 Å². The normalized spacial score (nSPS) is 23.7. The van der Waals surface area contributed by atoms with Gasteiger partial charge in [-0.15, -0.1) is 0 Å². The molecule has 0 saturated carbocycles. The van der Waals surface area contributed by atoms with E-state index in [0.29, 0.717) is 12.1 Å². The molecular formula is C15H22Cl2N2. The van der Waals surface area contributed by atoms with Crippen molar-refractivity contribution in [2.75, 3.05) is 18.0 Å².